The Labute approximate surface area is 93.3 Å². The minimum atomic E-state index is -0.0572. The molecule has 0 bridgehead atoms. The summed E-state index contributed by atoms with van der Waals surface area (Å²) in [5, 5.41) is 12.7. The maximum absolute atomic E-state index is 9.21. The fourth-order valence-corrected chi connectivity index (χ4v) is 1.46. The molecule has 1 rings (SSSR count). The topological polar surface area (TPSA) is 32.3 Å². The zero-order valence-corrected chi connectivity index (χ0v) is 9.30. The molecule has 2 nitrogen and oxygen atoms in total. The van der Waals surface area contributed by atoms with E-state index in [2.05, 4.69) is 5.32 Å². The number of nitrogens with one attached hydrogen (secondary N) is 1. The minimum Gasteiger partial charge on any atom is -0.505 e. The van der Waals surface area contributed by atoms with E-state index in [0.29, 0.717) is 6.54 Å². The normalized spacial score (nSPS) is 9.46. The van der Waals surface area contributed by atoms with Gasteiger partial charge in [-0.25, -0.2) is 0 Å². The van der Waals surface area contributed by atoms with Gasteiger partial charge in [-0.2, -0.15) is 0 Å². The minimum absolute atomic E-state index is 0. The molecule has 0 spiro atoms. The first kappa shape index (κ1) is 12.8. The first-order chi connectivity index (χ1) is 5.65. The van der Waals surface area contributed by atoms with E-state index < -0.39 is 0 Å². The van der Waals surface area contributed by atoms with Crippen LogP contribution in [0.1, 0.15) is 5.56 Å². The maximum Gasteiger partial charge on any atom is 0.152 e. The number of aromatic hydroxyl groups is 1. The molecule has 0 saturated heterocycles. The van der Waals surface area contributed by atoms with Gasteiger partial charge in [0.15, 0.2) is 5.75 Å². The molecule has 0 aliphatic heterocycles. The van der Waals surface area contributed by atoms with Gasteiger partial charge in [-0.3, -0.25) is 0 Å². The largest absolute Gasteiger partial charge is 0.505 e. The lowest BCUT2D eigenvalue weighted by atomic mass is 10.2. The third-order valence-electron chi connectivity index (χ3n) is 1.46. The molecule has 74 valence electrons. The van der Waals surface area contributed by atoms with Gasteiger partial charge in [0.25, 0.3) is 0 Å². The fraction of sp³-hybridized carbons (Fsp3) is 0.250. The van der Waals surface area contributed by atoms with Gasteiger partial charge in [0.2, 0.25) is 0 Å². The molecular weight excluding hydrogens is 232 g/mol. The Morgan fingerprint density at radius 1 is 1.31 bits per heavy atom. The van der Waals surface area contributed by atoms with Crippen molar-refractivity contribution in [2.45, 2.75) is 6.54 Å². The molecule has 0 radical (unpaired) electrons. The van der Waals surface area contributed by atoms with Crippen LogP contribution in [0.25, 0.3) is 0 Å². The lowest BCUT2D eigenvalue weighted by Gasteiger charge is -2.04. The summed E-state index contributed by atoms with van der Waals surface area (Å²) in [6.07, 6.45) is 0. The summed E-state index contributed by atoms with van der Waals surface area (Å²) in [7, 11) is 1.83. The smallest absolute Gasteiger partial charge is 0.152 e. The van der Waals surface area contributed by atoms with E-state index in [9.17, 15) is 5.11 Å². The van der Waals surface area contributed by atoms with Crippen molar-refractivity contribution in [3.8, 4) is 5.75 Å². The molecule has 0 aromatic heterocycles. The van der Waals surface area contributed by atoms with Gasteiger partial charge in [-0.1, -0.05) is 23.2 Å². The van der Waals surface area contributed by atoms with Crippen LogP contribution in [0.2, 0.25) is 10.0 Å². The molecule has 0 heterocycles. The van der Waals surface area contributed by atoms with Crippen molar-refractivity contribution in [3.05, 3.63) is 27.7 Å². The predicted molar refractivity (Wildman–Crippen MR) is 58.1 cm³/mol. The third-order valence-corrected chi connectivity index (χ3v) is 2.03. The quantitative estimate of drug-likeness (QED) is 0.836. The molecule has 13 heavy (non-hydrogen) atoms. The van der Waals surface area contributed by atoms with Gasteiger partial charge < -0.3 is 10.4 Å². The number of phenolic OH excluding ortho intramolecular Hbond substituents is 1. The Balaban J connectivity index is 0.00000144. The highest BCUT2D eigenvalue weighted by Gasteiger charge is 2.05. The van der Waals surface area contributed by atoms with E-state index in [1.165, 1.54) is 0 Å². The zero-order valence-electron chi connectivity index (χ0n) is 6.97. The number of phenols is 1. The second kappa shape index (κ2) is 5.55. The molecule has 2 N–H and O–H groups in total. The summed E-state index contributed by atoms with van der Waals surface area (Å²) < 4.78 is 0. The highest BCUT2D eigenvalue weighted by Crippen LogP contribution is 2.32. The van der Waals surface area contributed by atoms with Crippen LogP contribution in [-0.2, 0) is 6.54 Å². The highest BCUT2D eigenvalue weighted by molar-refractivity contribution is 6.37. The van der Waals surface area contributed by atoms with Crippen LogP contribution in [0.5, 0.6) is 5.75 Å². The summed E-state index contributed by atoms with van der Waals surface area (Å²) in [6.45, 7) is 0.680. The van der Waals surface area contributed by atoms with Crippen LogP contribution in [0, 0.1) is 0 Å². The lowest BCUT2D eigenvalue weighted by Crippen LogP contribution is -2.04. The van der Waals surface area contributed by atoms with Gasteiger partial charge in [-0.15, -0.1) is 12.4 Å². The number of hydrogen-bond donors (Lipinski definition) is 2. The Bertz CT molecular complexity index is 268. The Hall–Kier alpha value is -0.150. The molecule has 0 aliphatic carbocycles. The van der Waals surface area contributed by atoms with Crippen molar-refractivity contribution >= 4 is 35.6 Å². The fourth-order valence-electron chi connectivity index (χ4n) is 0.924. The summed E-state index contributed by atoms with van der Waals surface area (Å²) in [5.41, 5.74) is 0.949. The van der Waals surface area contributed by atoms with Crippen molar-refractivity contribution in [1.82, 2.24) is 5.32 Å². The van der Waals surface area contributed by atoms with Gasteiger partial charge in [0.05, 0.1) is 10.0 Å². The summed E-state index contributed by atoms with van der Waals surface area (Å²) in [5.74, 6) is -0.0572. The van der Waals surface area contributed by atoms with Crippen LogP contribution in [0.3, 0.4) is 0 Å². The van der Waals surface area contributed by atoms with Gasteiger partial charge >= 0.3 is 0 Å². The van der Waals surface area contributed by atoms with Crippen molar-refractivity contribution in [2.24, 2.45) is 0 Å². The Morgan fingerprint density at radius 3 is 2.15 bits per heavy atom. The van der Waals surface area contributed by atoms with E-state index in [-0.39, 0.29) is 28.2 Å². The Kier molecular flexibility index (Phi) is 5.49. The summed E-state index contributed by atoms with van der Waals surface area (Å²) in [6, 6.07) is 3.36. The van der Waals surface area contributed by atoms with E-state index >= 15 is 0 Å². The van der Waals surface area contributed by atoms with Crippen molar-refractivity contribution in [2.75, 3.05) is 7.05 Å². The monoisotopic (exact) mass is 241 g/mol. The van der Waals surface area contributed by atoms with Gasteiger partial charge in [-0.05, 0) is 24.7 Å². The van der Waals surface area contributed by atoms with E-state index in [1.807, 2.05) is 7.05 Å². The standard InChI is InChI=1S/C8H9Cl2NO.ClH/c1-11-4-5-2-6(9)8(12)7(10)3-5;/h2-3,11-12H,4H2,1H3;1H. The average molecular weight is 243 g/mol. The predicted octanol–water partition coefficient (Wildman–Crippen LogP) is 2.84. The van der Waals surface area contributed by atoms with Gasteiger partial charge in [0, 0.05) is 6.54 Å². The maximum atomic E-state index is 9.21. The number of rotatable bonds is 2. The second-order valence-electron chi connectivity index (χ2n) is 2.44. The molecule has 1 aromatic carbocycles. The van der Waals surface area contributed by atoms with Crippen LogP contribution < -0.4 is 5.32 Å². The molecule has 0 atom stereocenters. The molecule has 0 fully saturated rings. The van der Waals surface area contributed by atoms with Crippen molar-refractivity contribution in [3.63, 3.8) is 0 Å². The molecule has 0 unspecified atom stereocenters. The average Bonchev–Trinajstić information content (AvgIpc) is 2.01. The SMILES string of the molecule is CNCc1cc(Cl)c(O)c(Cl)c1.Cl. The molecule has 1 aromatic rings. The second-order valence-corrected chi connectivity index (χ2v) is 3.25. The van der Waals surface area contributed by atoms with Gasteiger partial charge in [0.1, 0.15) is 0 Å². The first-order valence-electron chi connectivity index (χ1n) is 3.46. The van der Waals surface area contributed by atoms with E-state index in [4.69, 9.17) is 23.2 Å². The molecular formula is C8H10Cl3NO. The molecule has 0 saturated carbocycles. The number of halogens is 3. The number of hydrogen-bond acceptors (Lipinski definition) is 2. The van der Waals surface area contributed by atoms with Crippen LogP contribution >= 0.6 is 35.6 Å². The zero-order chi connectivity index (χ0) is 9.14. The van der Waals surface area contributed by atoms with Crippen molar-refractivity contribution in [1.29, 1.82) is 0 Å². The molecule has 5 heteroatoms. The van der Waals surface area contributed by atoms with Crippen LogP contribution in [0.4, 0.5) is 0 Å². The molecule has 0 aliphatic rings. The van der Waals surface area contributed by atoms with Crippen LogP contribution in [0.15, 0.2) is 12.1 Å². The molecule has 0 amide bonds. The first-order valence-corrected chi connectivity index (χ1v) is 4.22. The van der Waals surface area contributed by atoms with Crippen LogP contribution in [-0.4, -0.2) is 12.2 Å². The summed E-state index contributed by atoms with van der Waals surface area (Å²) in [4.78, 5) is 0. The van der Waals surface area contributed by atoms with E-state index in [1.54, 1.807) is 12.1 Å². The van der Waals surface area contributed by atoms with E-state index in [0.717, 1.165) is 5.56 Å². The lowest BCUT2D eigenvalue weighted by molar-refractivity contribution is 0.475. The summed E-state index contributed by atoms with van der Waals surface area (Å²) >= 11 is 11.4. The Morgan fingerprint density at radius 2 is 1.77 bits per heavy atom. The third kappa shape index (κ3) is 3.24. The highest BCUT2D eigenvalue weighted by atomic mass is 35.5. The van der Waals surface area contributed by atoms with Crippen molar-refractivity contribution < 1.29 is 5.11 Å². The number of benzene rings is 1.